The van der Waals surface area contributed by atoms with Crippen LogP contribution in [0, 0.1) is 11.6 Å². The van der Waals surface area contributed by atoms with E-state index >= 15 is 0 Å². The number of imidazole rings is 1. The van der Waals surface area contributed by atoms with Gasteiger partial charge in [-0.1, -0.05) is 0 Å². The van der Waals surface area contributed by atoms with Crippen molar-refractivity contribution in [3.05, 3.63) is 35.8 Å². The van der Waals surface area contributed by atoms with Crippen molar-refractivity contribution in [2.45, 2.75) is 0 Å². The van der Waals surface area contributed by atoms with E-state index in [0.717, 1.165) is 16.8 Å². The van der Waals surface area contributed by atoms with Gasteiger partial charge in [-0.25, -0.2) is 18.6 Å². The smallest absolute Gasteiger partial charge is 0.356 e. The van der Waals surface area contributed by atoms with Crippen LogP contribution in [0.2, 0.25) is 0 Å². The lowest BCUT2D eigenvalue weighted by molar-refractivity contribution is 0.0691. The zero-order valence-corrected chi connectivity index (χ0v) is 6.74. The molecule has 0 saturated carbocycles. The Balaban J connectivity index is 2.76. The van der Waals surface area contributed by atoms with Crippen molar-refractivity contribution >= 4 is 11.6 Å². The Morgan fingerprint density at radius 2 is 2.14 bits per heavy atom. The molecule has 0 aromatic carbocycles. The van der Waals surface area contributed by atoms with Crippen LogP contribution in [0.15, 0.2) is 18.5 Å². The molecular weight excluding hydrogens is 194 g/mol. The van der Waals surface area contributed by atoms with Crippen molar-refractivity contribution in [2.24, 2.45) is 0 Å². The molecule has 0 saturated heterocycles. The van der Waals surface area contributed by atoms with Gasteiger partial charge in [0.1, 0.15) is 5.82 Å². The molecule has 0 amide bonds. The largest absolute Gasteiger partial charge is 0.476 e. The van der Waals surface area contributed by atoms with Crippen molar-refractivity contribution < 1.29 is 18.7 Å². The highest BCUT2D eigenvalue weighted by atomic mass is 19.1. The van der Waals surface area contributed by atoms with Crippen LogP contribution in [0.5, 0.6) is 0 Å². The van der Waals surface area contributed by atoms with E-state index in [1.165, 1.54) is 0 Å². The lowest BCUT2D eigenvalue weighted by Gasteiger charge is -1.93. The van der Waals surface area contributed by atoms with Gasteiger partial charge in [-0.05, 0) is 0 Å². The fourth-order valence-corrected chi connectivity index (χ4v) is 1.13. The van der Waals surface area contributed by atoms with Gasteiger partial charge in [-0.3, -0.25) is 0 Å². The maximum absolute atomic E-state index is 13.0. The molecule has 2 aromatic heterocycles. The van der Waals surface area contributed by atoms with Gasteiger partial charge < -0.3 is 9.51 Å². The van der Waals surface area contributed by atoms with Gasteiger partial charge in [-0.2, -0.15) is 0 Å². The number of fused-ring (bicyclic) bond motifs is 1. The number of hydrogen-bond acceptors (Lipinski definition) is 2. The molecule has 6 heteroatoms. The average Bonchev–Trinajstić information content (AvgIpc) is 2.47. The molecule has 72 valence electrons. The van der Waals surface area contributed by atoms with Gasteiger partial charge in [0.05, 0.1) is 0 Å². The van der Waals surface area contributed by atoms with Gasteiger partial charge in [0, 0.05) is 18.5 Å². The van der Waals surface area contributed by atoms with Crippen LogP contribution in [0.4, 0.5) is 8.78 Å². The number of aromatic carboxylic acids is 1. The zero-order chi connectivity index (χ0) is 10.3. The second kappa shape index (κ2) is 2.76. The zero-order valence-electron chi connectivity index (χ0n) is 6.74. The summed E-state index contributed by atoms with van der Waals surface area (Å²) in [5.41, 5.74) is -0.529. The number of rotatable bonds is 1. The number of carboxylic acids is 1. The Morgan fingerprint density at radius 1 is 1.43 bits per heavy atom. The molecule has 14 heavy (non-hydrogen) atoms. The normalized spacial score (nSPS) is 10.7. The van der Waals surface area contributed by atoms with Gasteiger partial charge in [0.2, 0.25) is 0 Å². The molecule has 0 atom stereocenters. The summed E-state index contributed by atoms with van der Waals surface area (Å²) < 4.78 is 26.7. The lowest BCUT2D eigenvalue weighted by Crippen LogP contribution is -1.95. The van der Waals surface area contributed by atoms with Crippen LogP contribution in [-0.4, -0.2) is 20.5 Å². The highest BCUT2D eigenvalue weighted by Crippen LogP contribution is 2.11. The number of halogens is 2. The summed E-state index contributed by atoms with van der Waals surface area (Å²) in [6, 6.07) is 0.647. The van der Waals surface area contributed by atoms with Crippen molar-refractivity contribution in [3.63, 3.8) is 0 Å². The van der Waals surface area contributed by atoms with Crippen molar-refractivity contribution in [2.75, 3.05) is 0 Å². The number of carboxylic acid groups (broad SMARTS) is 1. The molecule has 0 aliphatic heterocycles. The Hall–Kier alpha value is -1.98. The van der Waals surface area contributed by atoms with E-state index in [1.54, 1.807) is 0 Å². The predicted molar refractivity (Wildman–Crippen MR) is 42.1 cm³/mol. The number of aromatic nitrogens is 2. The van der Waals surface area contributed by atoms with E-state index in [4.69, 9.17) is 5.11 Å². The summed E-state index contributed by atoms with van der Waals surface area (Å²) >= 11 is 0. The predicted octanol–water partition coefficient (Wildman–Crippen LogP) is 1.31. The molecule has 2 aromatic rings. The average molecular weight is 198 g/mol. The summed E-state index contributed by atoms with van der Waals surface area (Å²) in [4.78, 5) is 13.9. The molecule has 0 fully saturated rings. The summed E-state index contributed by atoms with van der Waals surface area (Å²) in [5.74, 6) is -2.96. The molecule has 4 nitrogen and oxygen atoms in total. The summed E-state index contributed by atoms with van der Waals surface area (Å²) in [6.07, 6.45) is 2.00. The number of nitrogens with zero attached hydrogens (tertiary/aromatic N) is 2. The van der Waals surface area contributed by atoms with E-state index in [9.17, 15) is 13.6 Å². The minimum Gasteiger partial charge on any atom is -0.476 e. The molecule has 0 radical (unpaired) electrons. The third-order valence-corrected chi connectivity index (χ3v) is 1.69. The molecule has 0 aliphatic rings. The molecule has 1 N–H and O–H groups in total. The first-order chi connectivity index (χ1) is 6.58. The summed E-state index contributed by atoms with van der Waals surface area (Å²) in [7, 11) is 0. The van der Waals surface area contributed by atoms with Gasteiger partial charge in [0.25, 0.3) is 0 Å². The fourth-order valence-electron chi connectivity index (χ4n) is 1.13. The van der Waals surface area contributed by atoms with Gasteiger partial charge in [-0.15, -0.1) is 0 Å². The van der Waals surface area contributed by atoms with Gasteiger partial charge in [0.15, 0.2) is 17.2 Å². The van der Waals surface area contributed by atoms with Crippen LogP contribution in [-0.2, 0) is 0 Å². The van der Waals surface area contributed by atoms with Crippen molar-refractivity contribution in [3.8, 4) is 0 Å². The third kappa shape index (κ3) is 1.20. The molecular formula is C8H4F2N2O2. The number of hydrogen-bond donors (Lipinski definition) is 1. The first kappa shape index (κ1) is 8.61. The number of carbonyl (C=O) groups is 1. The quantitative estimate of drug-likeness (QED) is 0.751. The highest BCUT2D eigenvalue weighted by molar-refractivity contribution is 5.86. The maximum atomic E-state index is 13.0. The van der Waals surface area contributed by atoms with Crippen molar-refractivity contribution in [1.82, 2.24) is 9.38 Å². The van der Waals surface area contributed by atoms with E-state index in [2.05, 4.69) is 4.98 Å². The second-order valence-corrected chi connectivity index (χ2v) is 2.67. The van der Waals surface area contributed by atoms with Gasteiger partial charge >= 0.3 is 5.97 Å². The summed E-state index contributed by atoms with van der Waals surface area (Å²) in [6.45, 7) is 0. The Morgan fingerprint density at radius 3 is 2.79 bits per heavy atom. The molecule has 2 rings (SSSR count). The van der Waals surface area contributed by atoms with E-state index < -0.39 is 17.6 Å². The monoisotopic (exact) mass is 198 g/mol. The molecule has 2 heterocycles. The van der Waals surface area contributed by atoms with Crippen LogP contribution in [0.1, 0.15) is 10.5 Å². The SMILES string of the molecule is O=C(O)c1cn2cc(F)cc(F)c2n1. The first-order valence-corrected chi connectivity index (χ1v) is 3.65. The van der Waals surface area contributed by atoms with Crippen LogP contribution in [0.3, 0.4) is 0 Å². The molecule has 0 spiro atoms. The Bertz CT molecular complexity index is 521. The maximum Gasteiger partial charge on any atom is 0.356 e. The minimum absolute atomic E-state index is 0.205. The highest BCUT2D eigenvalue weighted by Gasteiger charge is 2.12. The van der Waals surface area contributed by atoms with Crippen LogP contribution < -0.4 is 0 Å². The standard InChI is InChI=1S/C8H4F2N2O2/c9-4-1-5(10)7-11-6(8(13)14)3-12(7)2-4/h1-3H,(H,13,14). The molecule has 0 aliphatic carbocycles. The fraction of sp³-hybridized carbons (Fsp3) is 0. The summed E-state index contributed by atoms with van der Waals surface area (Å²) in [5, 5.41) is 8.55. The van der Waals surface area contributed by atoms with E-state index in [0.29, 0.717) is 6.07 Å². The van der Waals surface area contributed by atoms with Crippen LogP contribution >= 0.6 is 0 Å². The molecule has 0 unspecified atom stereocenters. The van der Waals surface area contributed by atoms with Crippen LogP contribution in [0.25, 0.3) is 5.65 Å². The minimum atomic E-state index is -1.28. The molecule has 0 bridgehead atoms. The lowest BCUT2D eigenvalue weighted by atomic mass is 10.4. The Kier molecular flexibility index (Phi) is 1.70. The second-order valence-electron chi connectivity index (χ2n) is 2.67. The Labute approximate surface area is 76.4 Å². The van der Waals surface area contributed by atoms with E-state index in [1.807, 2.05) is 0 Å². The number of pyridine rings is 1. The third-order valence-electron chi connectivity index (χ3n) is 1.69. The van der Waals surface area contributed by atoms with E-state index in [-0.39, 0.29) is 11.3 Å². The topological polar surface area (TPSA) is 54.6 Å². The van der Waals surface area contributed by atoms with Crippen molar-refractivity contribution in [1.29, 1.82) is 0 Å². The first-order valence-electron chi connectivity index (χ1n) is 3.65.